The van der Waals surface area contributed by atoms with Gasteiger partial charge in [0.25, 0.3) is 5.91 Å². The van der Waals surface area contributed by atoms with Crippen LogP contribution in [0.2, 0.25) is 0 Å². The Kier molecular flexibility index (Phi) is 4.92. The van der Waals surface area contributed by atoms with Gasteiger partial charge >= 0.3 is 6.09 Å². The zero-order valence-corrected chi connectivity index (χ0v) is 13.2. The van der Waals surface area contributed by atoms with E-state index in [1.807, 2.05) is 0 Å². The molecule has 0 aliphatic carbocycles. The summed E-state index contributed by atoms with van der Waals surface area (Å²) in [5.41, 5.74) is 0.276. The van der Waals surface area contributed by atoms with Crippen molar-refractivity contribution in [2.24, 2.45) is 0 Å². The van der Waals surface area contributed by atoms with Gasteiger partial charge in [-0.1, -0.05) is 0 Å². The number of nitrogens with one attached hydrogen (secondary N) is 2. The van der Waals surface area contributed by atoms with Crippen molar-refractivity contribution in [3.63, 3.8) is 0 Å². The number of anilines is 2. The maximum Gasteiger partial charge on any atom is 0.411 e. The molecule has 0 bridgehead atoms. The Hall–Kier alpha value is -1.93. The molecule has 0 saturated heterocycles. The molecule has 0 aliphatic rings. The lowest BCUT2D eigenvalue weighted by atomic mass is 10.2. The second-order valence-corrected chi connectivity index (χ2v) is 5.63. The Balaban J connectivity index is 2.17. The highest BCUT2D eigenvalue weighted by Gasteiger charge is 2.13. The number of methoxy groups -OCH3 is 1. The summed E-state index contributed by atoms with van der Waals surface area (Å²) in [5.74, 6) is -0.955. The number of rotatable bonds is 3. The van der Waals surface area contributed by atoms with E-state index in [2.05, 4.69) is 31.3 Å². The molecule has 0 unspecified atom stereocenters. The molecule has 5 nitrogen and oxygen atoms in total. The van der Waals surface area contributed by atoms with E-state index in [4.69, 9.17) is 0 Å². The van der Waals surface area contributed by atoms with Crippen LogP contribution in [-0.4, -0.2) is 19.1 Å². The second kappa shape index (κ2) is 6.68. The van der Waals surface area contributed by atoms with Gasteiger partial charge in [0.15, 0.2) is 0 Å². The van der Waals surface area contributed by atoms with E-state index in [9.17, 15) is 14.0 Å². The molecule has 0 atom stereocenters. The third kappa shape index (κ3) is 3.79. The van der Waals surface area contributed by atoms with Gasteiger partial charge in [-0.3, -0.25) is 10.1 Å². The molecule has 2 N–H and O–H groups in total. The first-order valence-corrected chi connectivity index (χ1v) is 7.37. The number of carbonyl (C=O) groups excluding carboxylic acids is 2. The number of hydrogen-bond acceptors (Lipinski definition) is 4. The van der Waals surface area contributed by atoms with Gasteiger partial charge in [-0.2, -0.15) is 0 Å². The van der Waals surface area contributed by atoms with Gasteiger partial charge in [0, 0.05) is 10.2 Å². The molecule has 0 aliphatic heterocycles. The fourth-order valence-corrected chi connectivity index (χ4v) is 2.95. The van der Waals surface area contributed by atoms with Gasteiger partial charge in [-0.15, -0.1) is 11.3 Å². The Bertz CT molecular complexity index is 690. The molecule has 110 valence electrons. The molecule has 2 rings (SSSR count). The molecular formula is C13H10BrFN2O3S. The molecule has 0 radical (unpaired) electrons. The van der Waals surface area contributed by atoms with Crippen LogP contribution < -0.4 is 10.6 Å². The van der Waals surface area contributed by atoms with Crippen molar-refractivity contribution in [3.05, 3.63) is 44.8 Å². The summed E-state index contributed by atoms with van der Waals surface area (Å²) in [6, 6.07) is 5.61. The van der Waals surface area contributed by atoms with Crippen molar-refractivity contribution in [2.75, 3.05) is 17.7 Å². The maximum atomic E-state index is 13.6. The monoisotopic (exact) mass is 372 g/mol. The quantitative estimate of drug-likeness (QED) is 0.852. The van der Waals surface area contributed by atoms with Crippen molar-refractivity contribution < 1.29 is 18.7 Å². The van der Waals surface area contributed by atoms with Crippen LogP contribution >= 0.6 is 27.3 Å². The van der Waals surface area contributed by atoms with Gasteiger partial charge in [0.1, 0.15) is 10.7 Å². The average Bonchev–Trinajstić information content (AvgIpc) is 2.88. The molecular weight excluding hydrogens is 363 g/mol. The van der Waals surface area contributed by atoms with E-state index < -0.39 is 11.9 Å². The molecule has 0 fully saturated rings. The summed E-state index contributed by atoms with van der Waals surface area (Å²) in [6.07, 6.45) is -0.793. The van der Waals surface area contributed by atoms with E-state index in [-0.39, 0.29) is 11.6 Å². The zero-order chi connectivity index (χ0) is 15.4. The van der Waals surface area contributed by atoms with Crippen LogP contribution in [0.3, 0.4) is 0 Å². The molecule has 8 heteroatoms. The topological polar surface area (TPSA) is 67.4 Å². The highest BCUT2D eigenvalue weighted by Crippen LogP contribution is 2.25. The average molecular weight is 373 g/mol. The van der Waals surface area contributed by atoms with Crippen molar-refractivity contribution >= 4 is 50.6 Å². The number of hydrogen-bond donors (Lipinski definition) is 2. The van der Waals surface area contributed by atoms with E-state index in [0.717, 1.165) is 6.07 Å². The molecule has 1 heterocycles. The van der Waals surface area contributed by atoms with Gasteiger partial charge in [0.2, 0.25) is 0 Å². The molecule has 1 aromatic carbocycles. The Morgan fingerprint density at radius 1 is 1.29 bits per heavy atom. The predicted molar refractivity (Wildman–Crippen MR) is 82.4 cm³/mol. The smallest absolute Gasteiger partial charge is 0.411 e. The van der Waals surface area contributed by atoms with E-state index in [0.29, 0.717) is 15.0 Å². The fourth-order valence-electron chi connectivity index (χ4n) is 1.50. The molecule has 1 aromatic heterocycles. The minimum absolute atomic E-state index is 0.0788. The van der Waals surface area contributed by atoms with Crippen molar-refractivity contribution in [3.8, 4) is 0 Å². The SMILES string of the molecule is COC(=O)Nc1cc(NC(=O)c2sccc2Br)ccc1F. The largest absolute Gasteiger partial charge is 0.453 e. The molecule has 0 spiro atoms. The second-order valence-electron chi connectivity index (χ2n) is 3.86. The van der Waals surface area contributed by atoms with Gasteiger partial charge in [-0.25, -0.2) is 9.18 Å². The first kappa shape index (κ1) is 15.5. The van der Waals surface area contributed by atoms with E-state index in [1.54, 1.807) is 11.4 Å². The normalized spacial score (nSPS) is 10.0. The number of carbonyl (C=O) groups is 2. The number of thiophene rings is 1. The summed E-state index contributed by atoms with van der Waals surface area (Å²) in [5, 5.41) is 6.62. The van der Waals surface area contributed by atoms with Crippen molar-refractivity contribution in [2.45, 2.75) is 0 Å². The molecule has 2 amide bonds. The molecule has 21 heavy (non-hydrogen) atoms. The van der Waals surface area contributed by atoms with Gasteiger partial charge in [-0.05, 0) is 45.6 Å². The Labute approximate surface area is 132 Å². The molecule has 2 aromatic rings. The van der Waals surface area contributed by atoms with Crippen LogP contribution in [0.5, 0.6) is 0 Å². The number of benzene rings is 1. The highest BCUT2D eigenvalue weighted by atomic mass is 79.9. The number of ether oxygens (including phenoxy) is 1. The third-order valence-corrected chi connectivity index (χ3v) is 4.31. The summed E-state index contributed by atoms with van der Waals surface area (Å²) < 4.78 is 18.6. The number of amides is 2. The Morgan fingerprint density at radius 2 is 2.05 bits per heavy atom. The minimum atomic E-state index is -0.793. The number of halogens is 2. The van der Waals surface area contributed by atoms with Crippen LogP contribution in [0.1, 0.15) is 9.67 Å². The minimum Gasteiger partial charge on any atom is -0.453 e. The van der Waals surface area contributed by atoms with Crippen LogP contribution in [0.15, 0.2) is 34.1 Å². The maximum absolute atomic E-state index is 13.6. The van der Waals surface area contributed by atoms with Crippen LogP contribution in [0, 0.1) is 5.82 Å². The lowest BCUT2D eigenvalue weighted by molar-refractivity contribution is 0.103. The highest BCUT2D eigenvalue weighted by molar-refractivity contribution is 9.10. The zero-order valence-electron chi connectivity index (χ0n) is 10.8. The lowest BCUT2D eigenvalue weighted by Gasteiger charge is -2.09. The lowest BCUT2D eigenvalue weighted by Crippen LogP contribution is -2.14. The van der Waals surface area contributed by atoms with Crippen LogP contribution in [0.25, 0.3) is 0 Å². The fraction of sp³-hybridized carbons (Fsp3) is 0.0769. The molecule has 0 saturated carbocycles. The van der Waals surface area contributed by atoms with Crippen molar-refractivity contribution in [1.29, 1.82) is 0 Å². The van der Waals surface area contributed by atoms with E-state index in [1.165, 1.54) is 30.6 Å². The van der Waals surface area contributed by atoms with Gasteiger partial charge < -0.3 is 10.1 Å². The first-order valence-electron chi connectivity index (χ1n) is 5.70. The first-order chi connectivity index (χ1) is 10.0. The van der Waals surface area contributed by atoms with Crippen molar-refractivity contribution in [1.82, 2.24) is 0 Å². The van der Waals surface area contributed by atoms with Crippen LogP contribution in [-0.2, 0) is 4.74 Å². The summed E-state index contributed by atoms with van der Waals surface area (Å²) in [4.78, 5) is 23.6. The predicted octanol–water partition coefficient (Wildman–Crippen LogP) is 4.08. The third-order valence-electron chi connectivity index (χ3n) is 2.47. The Morgan fingerprint density at radius 3 is 2.67 bits per heavy atom. The summed E-state index contributed by atoms with van der Waals surface area (Å²) in [6.45, 7) is 0. The van der Waals surface area contributed by atoms with Gasteiger partial charge in [0.05, 0.1) is 12.8 Å². The standard InChI is InChI=1S/C13H10BrFN2O3S/c1-20-13(19)17-10-6-7(2-3-9(10)15)16-12(18)11-8(14)4-5-21-11/h2-6H,1H3,(H,16,18)(H,17,19). The van der Waals surface area contributed by atoms with Crippen LogP contribution in [0.4, 0.5) is 20.6 Å². The summed E-state index contributed by atoms with van der Waals surface area (Å²) in [7, 11) is 1.17. The summed E-state index contributed by atoms with van der Waals surface area (Å²) >= 11 is 4.54. The van der Waals surface area contributed by atoms with E-state index >= 15 is 0 Å².